The lowest BCUT2D eigenvalue weighted by Crippen LogP contribution is -2.61. The number of nitrogens with zero attached hydrogens (tertiary/aromatic N) is 3. The lowest BCUT2D eigenvalue weighted by Gasteiger charge is -2.50. The van der Waals surface area contributed by atoms with Crippen LogP contribution in [-0.4, -0.2) is 60.4 Å². The number of fused-ring (bicyclic) bond motifs is 3. The molecule has 1 unspecified atom stereocenters. The second-order valence-corrected chi connectivity index (χ2v) is 7.39. The molecule has 1 aromatic carbocycles. The highest BCUT2D eigenvalue weighted by Gasteiger charge is 2.46. The van der Waals surface area contributed by atoms with E-state index in [9.17, 15) is 5.11 Å². The Morgan fingerprint density at radius 3 is 2.78 bits per heavy atom. The summed E-state index contributed by atoms with van der Waals surface area (Å²) in [7, 11) is 0. The van der Waals surface area contributed by atoms with Crippen LogP contribution in [0.15, 0.2) is 35.4 Å². The minimum atomic E-state index is -0.759. The van der Waals surface area contributed by atoms with Crippen molar-refractivity contribution < 1.29 is 14.4 Å². The predicted octanol–water partition coefficient (Wildman–Crippen LogP) is 2.23. The second kappa shape index (κ2) is 7.86. The molecule has 3 saturated heterocycles. The fourth-order valence-corrected chi connectivity index (χ4v) is 4.10. The standard InChI is InChI=1S/C20H25N3O3.B/c1-3-4-15-11-16(19-21-14(2)26-22-19)5-6-18(15)25-13-20(24)12-23-9-7-17(20)8-10-23;/h3,5-6,11,17,24H,1,4,7-10,12-13H2,2H3;. The quantitative estimate of drug-likeness (QED) is 0.625. The summed E-state index contributed by atoms with van der Waals surface area (Å²) in [5, 5.41) is 15.0. The third kappa shape index (κ3) is 3.94. The maximum Gasteiger partial charge on any atom is 0.223 e. The van der Waals surface area contributed by atoms with Gasteiger partial charge in [0.15, 0.2) is 0 Å². The topological polar surface area (TPSA) is 71.6 Å². The van der Waals surface area contributed by atoms with Crippen LogP contribution in [-0.2, 0) is 6.42 Å². The molecule has 0 aliphatic carbocycles. The third-order valence-electron chi connectivity index (χ3n) is 5.53. The maximum absolute atomic E-state index is 11.1. The van der Waals surface area contributed by atoms with Gasteiger partial charge in [0.05, 0.1) is 0 Å². The first kappa shape index (κ1) is 19.6. The Labute approximate surface area is 161 Å². The van der Waals surface area contributed by atoms with Crippen molar-refractivity contribution in [1.29, 1.82) is 0 Å². The Kier molecular flexibility index (Phi) is 5.72. The van der Waals surface area contributed by atoms with Crippen molar-refractivity contribution >= 4 is 8.41 Å². The molecule has 3 radical (unpaired) electrons. The summed E-state index contributed by atoms with van der Waals surface area (Å²) in [5.41, 5.74) is 1.13. The van der Waals surface area contributed by atoms with E-state index in [0.717, 1.165) is 42.8 Å². The maximum atomic E-state index is 11.1. The molecule has 5 rings (SSSR count). The summed E-state index contributed by atoms with van der Waals surface area (Å²) in [6, 6.07) is 5.85. The number of aliphatic hydroxyl groups is 1. The zero-order valence-electron chi connectivity index (χ0n) is 15.7. The van der Waals surface area contributed by atoms with Gasteiger partial charge in [-0.15, -0.1) is 6.58 Å². The van der Waals surface area contributed by atoms with Gasteiger partial charge in [-0.2, -0.15) is 4.98 Å². The SMILES string of the molecule is C=CCc1cc(-c2noc(C)n2)ccc1OCC1(O)CN2CCC1CC2.[B]. The second-order valence-electron chi connectivity index (χ2n) is 7.39. The van der Waals surface area contributed by atoms with E-state index < -0.39 is 5.60 Å². The lowest BCUT2D eigenvalue weighted by atomic mass is 9.76. The first-order chi connectivity index (χ1) is 12.6. The Balaban J connectivity index is 0.00000210. The lowest BCUT2D eigenvalue weighted by molar-refractivity contribution is -0.131. The van der Waals surface area contributed by atoms with Crippen LogP contribution in [0.5, 0.6) is 5.75 Å². The predicted molar refractivity (Wildman–Crippen MR) is 104 cm³/mol. The Morgan fingerprint density at radius 1 is 1.41 bits per heavy atom. The van der Waals surface area contributed by atoms with E-state index in [0.29, 0.717) is 37.2 Å². The molecule has 141 valence electrons. The van der Waals surface area contributed by atoms with E-state index >= 15 is 0 Å². The minimum Gasteiger partial charge on any atom is -0.490 e. The number of hydrogen-bond acceptors (Lipinski definition) is 6. The normalized spacial score (nSPS) is 26.4. The number of rotatable bonds is 6. The number of aromatic nitrogens is 2. The van der Waals surface area contributed by atoms with Gasteiger partial charge in [-0.05, 0) is 62.0 Å². The number of benzene rings is 1. The van der Waals surface area contributed by atoms with E-state index in [1.807, 2.05) is 24.3 Å². The molecule has 1 N–H and O–H groups in total. The van der Waals surface area contributed by atoms with Crippen LogP contribution in [0.4, 0.5) is 0 Å². The van der Waals surface area contributed by atoms with Crippen LogP contribution >= 0.6 is 0 Å². The number of allylic oxidation sites excluding steroid dienone is 1. The number of ether oxygens (including phenoxy) is 1. The number of piperidine rings is 3. The molecular formula is C20H25BN3O3. The summed E-state index contributed by atoms with van der Waals surface area (Å²) >= 11 is 0. The van der Waals surface area contributed by atoms with Crippen molar-refractivity contribution in [3.05, 3.63) is 42.3 Å². The molecule has 0 saturated carbocycles. The van der Waals surface area contributed by atoms with Crippen LogP contribution < -0.4 is 4.74 Å². The molecule has 6 nitrogen and oxygen atoms in total. The molecule has 1 atom stereocenters. The van der Waals surface area contributed by atoms with Crippen molar-refractivity contribution in [3.63, 3.8) is 0 Å². The van der Waals surface area contributed by atoms with Crippen LogP contribution in [0.25, 0.3) is 11.4 Å². The number of aryl methyl sites for hydroxylation is 1. The summed E-state index contributed by atoms with van der Waals surface area (Å²) in [6.45, 7) is 8.81. The fraction of sp³-hybridized carbons (Fsp3) is 0.500. The van der Waals surface area contributed by atoms with Crippen molar-refractivity contribution in [1.82, 2.24) is 15.0 Å². The summed E-state index contributed by atoms with van der Waals surface area (Å²) in [5.74, 6) is 2.21. The summed E-state index contributed by atoms with van der Waals surface area (Å²) < 4.78 is 11.2. The van der Waals surface area contributed by atoms with Crippen LogP contribution in [0.3, 0.4) is 0 Å². The molecule has 4 heterocycles. The van der Waals surface area contributed by atoms with Gasteiger partial charge < -0.3 is 19.3 Å². The Morgan fingerprint density at radius 2 is 2.19 bits per heavy atom. The van der Waals surface area contributed by atoms with E-state index in [4.69, 9.17) is 9.26 Å². The van der Waals surface area contributed by atoms with Gasteiger partial charge >= 0.3 is 0 Å². The van der Waals surface area contributed by atoms with E-state index in [1.54, 1.807) is 6.92 Å². The van der Waals surface area contributed by atoms with Gasteiger partial charge in [0.1, 0.15) is 18.0 Å². The highest BCUT2D eigenvalue weighted by atomic mass is 16.5. The van der Waals surface area contributed by atoms with Crippen LogP contribution in [0.2, 0.25) is 0 Å². The zero-order valence-corrected chi connectivity index (χ0v) is 15.7. The fourth-order valence-electron chi connectivity index (χ4n) is 4.10. The van der Waals surface area contributed by atoms with E-state index in [1.165, 1.54) is 0 Å². The molecule has 3 fully saturated rings. The first-order valence-corrected chi connectivity index (χ1v) is 9.19. The van der Waals surface area contributed by atoms with Crippen molar-refractivity contribution in [3.8, 4) is 17.1 Å². The molecule has 0 spiro atoms. The molecule has 2 bridgehead atoms. The smallest absolute Gasteiger partial charge is 0.223 e. The van der Waals surface area contributed by atoms with Gasteiger partial charge in [-0.1, -0.05) is 11.2 Å². The van der Waals surface area contributed by atoms with Gasteiger partial charge in [-0.25, -0.2) is 0 Å². The van der Waals surface area contributed by atoms with Crippen molar-refractivity contribution in [2.75, 3.05) is 26.2 Å². The molecule has 2 aromatic rings. The van der Waals surface area contributed by atoms with Gasteiger partial charge in [0.2, 0.25) is 11.7 Å². The molecule has 3 aliphatic rings. The van der Waals surface area contributed by atoms with E-state index in [-0.39, 0.29) is 8.41 Å². The molecule has 1 aromatic heterocycles. The largest absolute Gasteiger partial charge is 0.490 e. The monoisotopic (exact) mass is 366 g/mol. The van der Waals surface area contributed by atoms with Crippen LogP contribution in [0, 0.1) is 12.8 Å². The van der Waals surface area contributed by atoms with E-state index in [2.05, 4.69) is 21.6 Å². The average molecular weight is 366 g/mol. The summed E-state index contributed by atoms with van der Waals surface area (Å²) in [4.78, 5) is 6.61. The Bertz CT molecular complexity index is 802. The highest BCUT2D eigenvalue weighted by Crippen LogP contribution is 2.36. The molecule has 0 amide bonds. The average Bonchev–Trinajstić information content (AvgIpc) is 3.08. The Hall–Kier alpha value is -2.12. The molecule has 27 heavy (non-hydrogen) atoms. The first-order valence-electron chi connectivity index (χ1n) is 9.19. The number of hydrogen-bond donors (Lipinski definition) is 1. The van der Waals surface area contributed by atoms with Gasteiger partial charge in [-0.3, -0.25) is 0 Å². The van der Waals surface area contributed by atoms with Gasteiger partial charge in [0.25, 0.3) is 0 Å². The summed E-state index contributed by atoms with van der Waals surface area (Å²) in [6.07, 6.45) is 4.62. The highest BCUT2D eigenvalue weighted by molar-refractivity contribution is 5.75. The molecule has 7 heteroatoms. The zero-order chi connectivity index (χ0) is 18.1. The van der Waals surface area contributed by atoms with Crippen LogP contribution in [0.1, 0.15) is 24.3 Å². The third-order valence-corrected chi connectivity index (χ3v) is 5.53. The molecule has 3 aliphatic heterocycles. The van der Waals surface area contributed by atoms with Crippen molar-refractivity contribution in [2.24, 2.45) is 5.92 Å². The molecular weight excluding hydrogens is 341 g/mol. The van der Waals surface area contributed by atoms with Crippen molar-refractivity contribution in [2.45, 2.75) is 31.8 Å². The van der Waals surface area contributed by atoms with Gasteiger partial charge in [0, 0.05) is 27.4 Å². The minimum absolute atomic E-state index is 0.